The number of aromatic nitrogens is 1. The van der Waals surface area contributed by atoms with Crippen molar-refractivity contribution in [2.24, 2.45) is 5.73 Å². The van der Waals surface area contributed by atoms with Crippen LogP contribution in [0.2, 0.25) is 0 Å². The number of allylic oxidation sites excluding steroid dienone is 1. The van der Waals surface area contributed by atoms with E-state index in [1.165, 1.54) is 0 Å². The maximum absolute atomic E-state index is 5.37. The normalized spacial score (nSPS) is 11.2. The van der Waals surface area contributed by atoms with Gasteiger partial charge in [0.1, 0.15) is 6.61 Å². The van der Waals surface area contributed by atoms with Crippen molar-refractivity contribution >= 4 is 0 Å². The van der Waals surface area contributed by atoms with Crippen molar-refractivity contribution in [1.82, 2.24) is 5.16 Å². The fourth-order valence-corrected chi connectivity index (χ4v) is 0.844. The van der Waals surface area contributed by atoms with Crippen LogP contribution in [0.1, 0.15) is 18.4 Å². The second kappa shape index (κ2) is 5.50. The molecule has 0 unspecified atom stereocenters. The summed E-state index contributed by atoms with van der Waals surface area (Å²) in [6.45, 7) is 3.38. The van der Waals surface area contributed by atoms with Gasteiger partial charge in [-0.1, -0.05) is 17.3 Å². The molecule has 0 saturated heterocycles. The van der Waals surface area contributed by atoms with Crippen LogP contribution in [0.15, 0.2) is 22.7 Å². The van der Waals surface area contributed by atoms with Gasteiger partial charge in [0.2, 0.25) is 0 Å². The van der Waals surface area contributed by atoms with E-state index in [-0.39, 0.29) is 0 Å². The van der Waals surface area contributed by atoms with E-state index in [9.17, 15) is 0 Å². The Morgan fingerprint density at radius 3 is 3.15 bits per heavy atom. The van der Waals surface area contributed by atoms with Crippen LogP contribution in [-0.2, 0) is 17.9 Å². The predicted molar refractivity (Wildman–Crippen MR) is 48.9 cm³/mol. The second-order valence-corrected chi connectivity index (χ2v) is 2.57. The third kappa shape index (κ3) is 3.40. The first-order valence-electron chi connectivity index (χ1n) is 4.20. The molecule has 0 aromatic carbocycles. The Labute approximate surface area is 77.4 Å². The second-order valence-electron chi connectivity index (χ2n) is 2.57. The van der Waals surface area contributed by atoms with E-state index in [4.69, 9.17) is 15.0 Å². The molecule has 1 aromatic rings. The maximum Gasteiger partial charge on any atom is 0.162 e. The Hall–Kier alpha value is -1.13. The molecule has 0 amide bonds. The van der Waals surface area contributed by atoms with Gasteiger partial charge in [-0.2, -0.15) is 0 Å². The first-order chi connectivity index (χ1) is 6.36. The molecule has 1 rings (SSSR count). The monoisotopic (exact) mass is 182 g/mol. The highest BCUT2D eigenvalue weighted by Gasteiger charge is 2.01. The van der Waals surface area contributed by atoms with Gasteiger partial charge in [-0.05, 0) is 6.92 Å². The van der Waals surface area contributed by atoms with Gasteiger partial charge in [0.25, 0.3) is 0 Å². The predicted octanol–water partition coefficient (Wildman–Crippen LogP) is 1.23. The zero-order valence-corrected chi connectivity index (χ0v) is 7.69. The molecule has 4 heteroatoms. The molecule has 72 valence electrons. The molecule has 0 aliphatic rings. The van der Waals surface area contributed by atoms with E-state index in [1.54, 1.807) is 6.07 Å². The minimum absolute atomic E-state index is 0.401. The molecular formula is C9H14N2O2. The van der Waals surface area contributed by atoms with Gasteiger partial charge in [0.05, 0.1) is 12.3 Å². The van der Waals surface area contributed by atoms with Crippen LogP contribution in [0.4, 0.5) is 0 Å². The largest absolute Gasteiger partial charge is 0.369 e. The molecule has 0 aliphatic heterocycles. The minimum atomic E-state index is 0.401. The topological polar surface area (TPSA) is 61.3 Å². The van der Waals surface area contributed by atoms with Crippen molar-refractivity contribution in [3.05, 3.63) is 29.7 Å². The summed E-state index contributed by atoms with van der Waals surface area (Å²) in [6.07, 6.45) is 3.87. The van der Waals surface area contributed by atoms with Crippen LogP contribution in [0.3, 0.4) is 0 Å². The van der Waals surface area contributed by atoms with E-state index in [1.807, 2.05) is 19.1 Å². The fraction of sp³-hybridized carbons (Fsp3) is 0.444. The Morgan fingerprint density at radius 2 is 2.54 bits per heavy atom. The average Bonchev–Trinajstić information content (AvgIpc) is 2.60. The summed E-state index contributed by atoms with van der Waals surface area (Å²) in [5.74, 6) is 0.713. The molecule has 0 saturated carbocycles. The Kier molecular flexibility index (Phi) is 4.21. The molecule has 0 aliphatic carbocycles. The third-order valence-electron chi connectivity index (χ3n) is 1.51. The van der Waals surface area contributed by atoms with E-state index in [0.29, 0.717) is 25.5 Å². The summed E-state index contributed by atoms with van der Waals surface area (Å²) in [4.78, 5) is 0. The molecule has 13 heavy (non-hydrogen) atoms. The lowest BCUT2D eigenvalue weighted by Crippen LogP contribution is -1.95. The van der Waals surface area contributed by atoms with Gasteiger partial charge in [0.15, 0.2) is 5.76 Å². The van der Waals surface area contributed by atoms with Crippen molar-refractivity contribution < 1.29 is 9.26 Å². The van der Waals surface area contributed by atoms with Crippen molar-refractivity contribution in [3.8, 4) is 0 Å². The molecule has 0 radical (unpaired) electrons. The lowest BCUT2D eigenvalue weighted by molar-refractivity contribution is 0.125. The molecule has 4 nitrogen and oxygen atoms in total. The highest BCUT2D eigenvalue weighted by molar-refractivity contribution is 5.03. The summed E-state index contributed by atoms with van der Waals surface area (Å²) >= 11 is 0. The molecule has 0 spiro atoms. The summed E-state index contributed by atoms with van der Waals surface area (Å²) in [5, 5.41) is 3.74. The van der Waals surface area contributed by atoms with Gasteiger partial charge >= 0.3 is 0 Å². The van der Waals surface area contributed by atoms with Gasteiger partial charge in [-0.15, -0.1) is 0 Å². The lowest BCUT2D eigenvalue weighted by atomic mass is 10.4. The number of rotatable bonds is 5. The maximum atomic E-state index is 5.37. The van der Waals surface area contributed by atoms with Gasteiger partial charge in [0, 0.05) is 12.6 Å². The Morgan fingerprint density at radius 1 is 1.69 bits per heavy atom. The van der Waals surface area contributed by atoms with Crippen molar-refractivity contribution in [2.45, 2.75) is 20.1 Å². The van der Waals surface area contributed by atoms with Crippen LogP contribution >= 0.6 is 0 Å². The highest BCUT2D eigenvalue weighted by Crippen LogP contribution is 2.03. The van der Waals surface area contributed by atoms with Gasteiger partial charge in [-0.3, -0.25) is 0 Å². The van der Waals surface area contributed by atoms with Gasteiger partial charge in [-0.25, -0.2) is 0 Å². The summed E-state index contributed by atoms with van der Waals surface area (Å²) in [7, 11) is 0. The zero-order valence-electron chi connectivity index (χ0n) is 7.69. The van der Waals surface area contributed by atoms with Crippen molar-refractivity contribution in [1.29, 1.82) is 0 Å². The fourth-order valence-electron chi connectivity index (χ4n) is 0.844. The standard InChI is InChI=1S/C9H14N2O2/c1-2-3-4-12-7-9-5-8(6-10)11-13-9/h2-3,5H,4,6-7,10H2,1H3. The van der Waals surface area contributed by atoms with E-state index >= 15 is 0 Å². The summed E-state index contributed by atoms with van der Waals surface area (Å²) in [6, 6.07) is 1.80. The average molecular weight is 182 g/mol. The van der Waals surface area contributed by atoms with Gasteiger partial charge < -0.3 is 15.0 Å². The summed E-state index contributed by atoms with van der Waals surface area (Å²) < 4.78 is 10.2. The molecule has 0 fully saturated rings. The van der Waals surface area contributed by atoms with Crippen molar-refractivity contribution in [2.75, 3.05) is 6.61 Å². The number of nitrogens with two attached hydrogens (primary N) is 1. The Balaban J connectivity index is 2.28. The molecule has 1 heterocycles. The van der Waals surface area contributed by atoms with Crippen LogP contribution < -0.4 is 5.73 Å². The molecule has 1 aromatic heterocycles. The van der Waals surface area contributed by atoms with Crippen LogP contribution in [-0.4, -0.2) is 11.8 Å². The zero-order chi connectivity index (χ0) is 9.52. The first-order valence-corrected chi connectivity index (χ1v) is 4.20. The number of ether oxygens (including phenoxy) is 1. The number of nitrogens with zero attached hydrogens (tertiary/aromatic N) is 1. The SMILES string of the molecule is CC=CCOCc1cc(CN)no1. The molecule has 2 N–H and O–H groups in total. The summed E-state index contributed by atoms with van der Waals surface area (Å²) in [5.41, 5.74) is 6.12. The smallest absolute Gasteiger partial charge is 0.162 e. The molecule has 0 atom stereocenters. The number of hydrogen-bond acceptors (Lipinski definition) is 4. The van der Waals surface area contributed by atoms with E-state index in [0.717, 1.165) is 5.69 Å². The Bertz CT molecular complexity index is 268. The number of hydrogen-bond donors (Lipinski definition) is 1. The highest BCUT2D eigenvalue weighted by atomic mass is 16.5. The molecule has 0 bridgehead atoms. The molecular weight excluding hydrogens is 168 g/mol. The van der Waals surface area contributed by atoms with Crippen molar-refractivity contribution in [3.63, 3.8) is 0 Å². The minimum Gasteiger partial charge on any atom is -0.369 e. The van der Waals surface area contributed by atoms with Crippen LogP contribution in [0.5, 0.6) is 0 Å². The first kappa shape index (κ1) is 9.95. The van der Waals surface area contributed by atoms with Crippen LogP contribution in [0, 0.1) is 0 Å². The third-order valence-corrected chi connectivity index (χ3v) is 1.51. The van der Waals surface area contributed by atoms with Crippen LogP contribution in [0.25, 0.3) is 0 Å². The van der Waals surface area contributed by atoms with E-state index in [2.05, 4.69) is 5.16 Å². The quantitative estimate of drug-likeness (QED) is 0.549. The lowest BCUT2D eigenvalue weighted by Gasteiger charge is -1.94. The van der Waals surface area contributed by atoms with E-state index < -0.39 is 0 Å².